The fraction of sp³-hybridized carbons (Fsp3) is 0. The number of nitrogens with zero attached hydrogens (tertiary/aromatic N) is 2. The van der Waals surface area contributed by atoms with Crippen LogP contribution in [0.3, 0.4) is 0 Å². The summed E-state index contributed by atoms with van der Waals surface area (Å²) in [4.78, 5) is 4.12. The number of sulfonamides is 1. The van der Waals surface area contributed by atoms with Crippen molar-refractivity contribution in [1.82, 2.24) is 0 Å². The molecule has 0 radical (unpaired) electrons. The highest BCUT2D eigenvalue weighted by Gasteiger charge is 2.12. The third kappa shape index (κ3) is 3.83. The Bertz CT molecular complexity index is 823. The first kappa shape index (κ1) is 15.5. The van der Waals surface area contributed by atoms with Crippen LogP contribution < -0.4 is 11.5 Å². The zero-order valence-electron chi connectivity index (χ0n) is 11.4. The second-order valence-electron chi connectivity index (χ2n) is 4.30. The second-order valence-corrected chi connectivity index (χ2v) is 5.91. The van der Waals surface area contributed by atoms with Gasteiger partial charge < -0.3 is 16.6 Å². The molecule has 0 fully saturated rings. The molecule has 0 aromatic heterocycles. The lowest BCUT2D eigenvalue weighted by Gasteiger charge is -2.00. The molecule has 0 aliphatic heterocycles. The fourth-order valence-corrected chi connectivity index (χ4v) is 2.50. The van der Waals surface area contributed by atoms with Gasteiger partial charge >= 0.3 is 0 Å². The van der Waals surface area contributed by atoms with E-state index >= 15 is 0 Å². The molecule has 2 rings (SSSR count). The number of benzene rings is 2. The van der Waals surface area contributed by atoms with Crippen LogP contribution in [0.15, 0.2) is 62.8 Å². The van der Waals surface area contributed by atoms with Crippen LogP contribution in [-0.2, 0) is 10.0 Å². The summed E-state index contributed by atoms with van der Waals surface area (Å²) in [5.74, 6) is -0.417. The Balaban J connectivity index is 2.23. The third-order valence-corrected chi connectivity index (χ3v) is 3.97. The average Bonchev–Trinajstić information content (AvgIpc) is 2.45. The second kappa shape index (κ2) is 6.27. The molecule has 0 saturated carbocycles. The van der Waals surface area contributed by atoms with Gasteiger partial charge in [0.15, 0.2) is 0 Å². The molecule has 0 aliphatic rings. The molecule has 114 valence electrons. The lowest BCUT2D eigenvalue weighted by atomic mass is 10.2. The Morgan fingerprint density at radius 2 is 1.68 bits per heavy atom. The van der Waals surface area contributed by atoms with Crippen molar-refractivity contribution in [3.63, 3.8) is 0 Å². The van der Waals surface area contributed by atoms with Crippen molar-refractivity contribution in [3.8, 4) is 5.75 Å². The summed E-state index contributed by atoms with van der Waals surface area (Å²) < 4.78 is 26.7. The number of para-hydroxylation sites is 1. The Hall–Kier alpha value is -2.87. The number of rotatable bonds is 4. The molecule has 0 bridgehead atoms. The van der Waals surface area contributed by atoms with Crippen molar-refractivity contribution in [3.05, 3.63) is 54.1 Å². The first-order chi connectivity index (χ1) is 10.4. The number of hydrogen-bond acceptors (Lipinski definition) is 4. The number of guanidine groups is 1. The number of phenols is 1. The van der Waals surface area contributed by atoms with E-state index in [1.165, 1.54) is 30.5 Å². The van der Waals surface area contributed by atoms with Gasteiger partial charge in [-0.15, -0.1) is 4.40 Å². The summed E-state index contributed by atoms with van der Waals surface area (Å²) >= 11 is 0. The Labute approximate surface area is 127 Å². The smallest absolute Gasteiger partial charge is 0.285 e. The van der Waals surface area contributed by atoms with Gasteiger partial charge in [-0.05, 0) is 36.4 Å². The maximum absolute atomic E-state index is 11.8. The fourth-order valence-electron chi connectivity index (χ4n) is 1.64. The van der Waals surface area contributed by atoms with Gasteiger partial charge in [0.2, 0.25) is 5.96 Å². The van der Waals surface area contributed by atoms with Crippen LogP contribution in [0.5, 0.6) is 5.75 Å². The molecule has 0 spiro atoms. The summed E-state index contributed by atoms with van der Waals surface area (Å²) in [7, 11) is -3.90. The largest absolute Gasteiger partial charge is 0.507 e. The Morgan fingerprint density at radius 3 is 2.27 bits per heavy atom. The summed E-state index contributed by atoms with van der Waals surface area (Å²) in [5.41, 5.74) is 11.2. The number of hydrogen-bond donors (Lipinski definition) is 3. The maximum atomic E-state index is 11.8. The van der Waals surface area contributed by atoms with Gasteiger partial charge in [-0.2, -0.15) is 8.42 Å². The molecule has 0 heterocycles. The van der Waals surface area contributed by atoms with Crippen molar-refractivity contribution < 1.29 is 13.5 Å². The van der Waals surface area contributed by atoms with E-state index in [-0.39, 0.29) is 10.6 Å². The van der Waals surface area contributed by atoms with Crippen LogP contribution in [0, 0.1) is 0 Å². The summed E-state index contributed by atoms with van der Waals surface area (Å²) in [6, 6.07) is 12.4. The molecule has 2 aromatic carbocycles. The molecule has 0 unspecified atom stereocenters. The van der Waals surface area contributed by atoms with Crippen molar-refractivity contribution in [2.45, 2.75) is 4.90 Å². The first-order valence-corrected chi connectivity index (χ1v) is 7.60. The molecular weight excluding hydrogens is 304 g/mol. The lowest BCUT2D eigenvalue weighted by Crippen LogP contribution is -2.24. The molecule has 0 atom stereocenters. The van der Waals surface area contributed by atoms with Crippen LogP contribution in [0.1, 0.15) is 5.56 Å². The van der Waals surface area contributed by atoms with Crippen LogP contribution in [0.2, 0.25) is 0 Å². The number of phenolic OH excluding ortho intramolecular Hbond substituents is 1. The summed E-state index contributed by atoms with van der Waals surface area (Å²) in [5, 5.41) is 9.61. The summed E-state index contributed by atoms with van der Waals surface area (Å²) in [6.07, 6.45) is 1.48. The zero-order valence-corrected chi connectivity index (χ0v) is 12.2. The minimum Gasteiger partial charge on any atom is -0.507 e. The lowest BCUT2D eigenvalue weighted by molar-refractivity contribution is 0.474. The first-order valence-electron chi connectivity index (χ1n) is 6.16. The highest BCUT2D eigenvalue weighted by molar-refractivity contribution is 7.90. The highest BCUT2D eigenvalue weighted by Crippen LogP contribution is 2.19. The van der Waals surface area contributed by atoms with E-state index in [0.717, 1.165) is 0 Å². The molecule has 7 nitrogen and oxygen atoms in total. The predicted molar refractivity (Wildman–Crippen MR) is 84.8 cm³/mol. The maximum Gasteiger partial charge on any atom is 0.285 e. The van der Waals surface area contributed by atoms with Crippen LogP contribution in [0.4, 0.5) is 5.69 Å². The van der Waals surface area contributed by atoms with Crippen molar-refractivity contribution in [2.24, 2.45) is 20.9 Å². The van der Waals surface area contributed by atoms with Crippen LogP contribution in [0.25, 0.3) is 0 Å². The van der Waals surface area contributed by atoms with E-state index in [1.54, 1.807) is 24.3 Å². The predicted octanol–water partition coefficient (Wildman–Crippen LogP) is 1.10. The van der Waals surface area contributed by atoms with Gasteiger partial charge in [0, 0.05) is 11.8 Å². The summed E-state index contributed by atoms with van der Waals surface area (Å²) in [6.45, 7) is 0. The number of aliphatic imine (C=N–C) groups is 1. The van der Waals surface area contributed by atoms with Gasteiger partial charge in [0.1, 0.15) is 5.75 Å². The SMILES string of the molecule is NC(N)=NS(=O)(=O)c1ccc(N=Cc2ccccc2O)cc1. The molecule has 0 aliphatic carbocycles. The van der Waals surface area contributed by atoms with E-state index in [4.69, 9.17) is 11.5 Å². The van der Waals surface area contributed by atoms with E-state index in [2.05, 4.69) is 9.39 Å². The van der Waals surface area contributed by atoms with E-state index in [1.807, 2.05) is 0 Å². The number of aromatic hydroxyl groups is 1. The van der Waals surface area contributed by atoms with Gasteiger partial charge in [0.25, 0.3) is 10.0 Å². The zero-order chi connectivity index (χ0) is 16.2. The van der Waals surface area contributed by atoms with Gasteiger partial charge in [-0.25, -0.2) is 0 Å². The molecule has 5 N–H and O–H groups in total. The van der Waals surface area contributed by atoms with Gasteiger partial charge in [0.05, 0.1) is 10.6 Å². The molecule has 8 heteroatoms. The van der Waals surface area contributed by atoms with Crippen molar-refractivity contribution >= 4 is 27.9 Å². The topological polar surface area (TPSA) is 131 Å². The minimum atomic E-state index is -3.90. The van der Waals surface area contributed by atoms with E-state index in [0.29, 0.717) is 11.3 Å². The normalized spacial score (nSPS) is 11.5. The molecule has 0 amide bonds. The Morgan fingerprint density at radius 1 is 1.05 bits per heavy atom. The standard InChI is InChI=1S/C14H14N4O3S/c15-14(16)18-22(20,21)12-7-5-11(6-8-12)17-9-10-3-1-2-4-13(10)19/h1-9,19H,(H4,15,16,18). The molecule has 0 saturated heterocycles. The van der Waals surface area contributed by atoms with Crippen molar-refractivity contribution in [1.29, 1.82) is 0 Å². The number of nitrogens with two attached hydrogens (primary N) is 2. The molecular formula is C14H14N4O3S. The van der Waals surface area contributed by atoms with E-state index in [9.17, 15) is 13.5 Å². The monoisotopic (exact) mass is 318 g/mol. The van der Waals surface area contributed by atoms with E-state index < -0.39 is 16.0 Å². The average molecular weight is 318 g/mol. The molecule has 22 heavy (non-hydrogen) atoms. The highest BCUT2D eigenvalue weighted by atomic mass is 32.2. The van der Waals surface area contributed by atoms with Gasteiger partial charge in [-0.1, -0.05) is 12.1 Å². The van der Waals surface area contributed by atoms with Crippen LogP contribution >= 0.6 is 0 Å². The minimum absolute atomic E-state index is 0.0394. The van der Waals surface area contributed by atoms with Crippen molar-refractivity contribution in [2.75, 3.05) is 0 Å². The van der Waals surface area contributed by atoms with Crippen LogP contribution in [-0.4, -0.2) is 25.7 Å². The molecule has 2 aromatic rings. The Kier molecular flexibility index (Phi) is 4.42. The quantitative estimate of drug-likeness (QED) is 0.574. The van der Waals surface area contributed by atoms with Gasteiger partial charge in [-0.3, -0.25) is 4.99 Å². The third-order valence-electron chi connectivity index (χ3n) is 2.65.